The minimum Gasteiger partial charge on any atom is -0.355 e. The van der Waals surface area contributed by atoms with E-state index in [0.717, 1.165) is 11.1 Å². The molecule has 0 saturated heterocycles. The Morgan fingerprint density at radius 1 is 1.00 bits per heavy atom. The number of nitrogens with two attached hydrogens (primary N) is 1. The standard InChI is InChI=1S/C19H23N3O4S/c1-14(16-7-9-17(10-8-16)27(20,25)26)22-18(23)11-12-21-19(24)13-15-5-3-2-4-6-15/h2-10,14H,11-13H2,1H3,(H,21,24)(H,22,23)(H2,20,25,26). The van der Waals surface area contributed by atoms with E-state index in [1.54, 1.807) is 19.1 Å². The highest BCUT2D eigenvalue weighted by Gasteiger charge is 2.12. The maximum absolute atomic E-state index is 12.0. The molecule has 0 aliphatic rings. The average molecular weight is 389 g/mol. The molecule has 0 aliphatic carbocycles. The lowest BCUT2D eigenvalue weighted by molar-refractivity contribution is -0.122. The Kier molecular flexibility index (Phi) is 7.09. The van der Waals surface area contributed by atoms with Crippen LogP contribution in [0.25, 0.3) is 0 Å². The molecule has 0 fully saturated rings. The van der Waals surface area contributed by atoms with Crippen LogP contribution in [0.15, 0.2) is 59.5 Å². The van der Waals surface area contributed by atoms with E-state index in [1.807, 2.05) is 30.3 Å². The van der Waals surface area contributed by atoms with Crippen molar-refractivity contribution in [1.29, 1.82) is 0 Å². The molecule has 0 heterocycles. The summed E-state index contributed by atoms with van der Waals surface area (Å²) in [6, 6.07) is 15.1. The second kappa shape index (κ2) is 9.29. The van der Waals surface area contributed by atoms with Crippen molar-refractivity contribution >= 4 is 21.8 Å². The predicted octanol–water partition coefficient (Wildman–Crippen LogP) is 1.26. The molecule has 0 saturated carbocycles. The molecule has 2 amide bonds. The van der Waals surface area contributed by atoms with E-state index in [9.17, 15) is 18.0 Å². The fourth-order valence-electron chi connectivity index (χ4n) is 2.50. The first kappa shape index (κ1) is 20.6. The molecule has 0 spiro atoms. The zero-order valence-electron chi connectivity index (χ0n) is 15.0. The Morgan fingerprint density at radius 2 is 1.63 bits per heavy atom. The lowest BCUT2D eigenvalue weighted by Gasteiger charge is -2.15. The van der Waals surface area contributed by atoms with Crippen molar-refractivity contribution in [3.05, 3.63) is 65.7 Å². The zero-order valence-corrected chi connectivity index (χ0v) is 15.8. The first-order valence-electron chi connectivity index (χ1n) is 8.48. The number of carbonyl (C=O) groups is 2. The third kappa shape index (κ3) is 6.84. The minimum absolute atomic E-state index is 0.0194. The van der Waals surface area contributed by atoms with Crippen molar-refractivity contribution in [2.75, 3.05) is 6.54 Å². The highest BCUT2D eigenvalue weighted by atomic mass is 32.2. The molecule has 1 unspecified atom stereocenters. The van der Waals surface area contributed by atoms with Crippen LogP contribution in [0.1, 0.15) is 30.5 Å². The summed E-state index contributed by atoms with van der Waals surface area (Å²) >= 11 is 0. The molecule has 0 aromatic heterocycles. The Labute approximate surface area is 159 Å². The van der Waals surface area contributed by atoms with E-state index in [4.69, 9.17) is 5.14 Å². The zero-order chi connectivity index (χ0) is 19.9. The van der Waals surface area contributed by atoms with E-state index in [-0.39, 0.29) is 42.1 Å². The number of carbonyl (C=O) groups excluding carboxylic acids is 2. The van der Waals surface area contributed by atoms with Gasteiger partial charge in [0.1, 0.15) is 0 Å². The van der Waals surface area contributed by atoms with Gasteiger partial charge in [-0.15, -0.1) is 0 Å². The number of benzene rings is 2. The molecule has 4 N–H and O–H groups in total. The summed E-state index contributed by atoms with van der Waals surface area (Å²) in [5.41, 5.74) is 1.67. The summed E-state index contributed by atoms with van der Waals surface area (Å²) in [4.78, 5) is 23.9. The SMILES string of the molecule is CC(NC(=O)CCNC(=O)Cc1ccccc1)c1ccc(S(N)(=O)=O)cc1. The largest absolute Gasteiger partial charge is 0.355 e. The van der Waals surface area contributed by atoms with Gasteiger partial charge in [-0.25, -0.2) is 13.6 Å². The second-order valence-corrected chi connectivity index (χ2v) is 7.73. The van der Waals surface area contributed by atoms with Gasteiger partial charge in [-0.1, -0.05) is 42.5 Å². The van der Waals surface area contributed by atoms with Gasteiger partial charge >= 0.3 is 0 Å². The van der Waals surface area contributed by atoms with Crippen molar-refractivity contribution < 1.29 is 18.0 Å². The minimum atomic E-state index is -3.74. The number of hydrogen-bond donors (Lipinski definition) is 3. The molecule has 144 valence electrons. The molecule has 0 bridgehead atoms. The van der Waals surface area contributed by atoms with Crippen LogP contribution in [0.5, 0.6) is 0 Å². The second-order valence-electron chi connectivity index (χ2n) is 6.17. The number of amides is 2. The summed E-state index contributed by atoms with van der Waals surface area (Å²) in [7, 11) is -3.74. The van der Waals surface area contributed by atoms with Gasteiger partial charge in [0.25, 0.3) is 0 Å². The normalized spacial score (nSPS) is 12.2. The lowest BCUT2D eigenvalue weighted by Crippen LogP contribution is -2.32. The summed E-state index contributed by atoms with van der Waals surface area (Å²) < 4.78 is 22.5. The van der Waals surface area contributed by atoms with Crippen LogP contribution in [0.4, 0.5) is 0 Å². The van der Waals surface area contributed by atoms with Gasteiger partial charge in [0.05, 0.1) is 17.4 Å². The molecule has 0 aliphatic heterocycles. The number of nitrogens with one attached hydrogen (secondary N) is 2. The van der Waals surface area contributed by atoms with Gasteiger partial charge in [0, 0.05) is 13.0 Å². The first-order valence-corrected chi connectivity index (χ1v) is 10.0. The van der Waals surface area contributed by atoms with Crippen LogP contribution in [-0.4, -0.2) is 26.8 Å². The third-order valence-electron chi connectivity index (χ3n) is 3.97. The molecule has 27 heavy (non-hydrogen) atoms. The van der Waals surface area contributed by atoms with Crippen LogP contribution < -0.4 is 15.8 Å². The van der Waals surface area contributed by atoms with Gasteiger partial charge in [0.2, 0.25) is 21.8 Å². The quantitative estimate of drug-likeness (QED) is 0.630. The van der Waals surface area contributed by atoms with Crippen molar-refractivity contribution in [1.82, 2.24) is 10.6 Å². The summed E-state index contributed by atoms with van der Waals surface area (Å²) in [6.07, 6.45) is 0.426. The summed E-state index contributed by atoms with van der Waals surface area (Å²) in [6.45, 7) is 2.03. The van der Waals surface area contributed by atoms with Gasteiger partial charge in [0.15, 0.2) is 0 Å². The first-order chi connectivity index (χ1) is 12.8. The molecule has 0 radical (unpaired) electrons. The smallest absolute Gasteiger partial charge is 0.238 e. The monoisotopic (exact) mass is 389 g/mol. The Balaban J connectivity index is 1.75. The van der Waals surface area contributed by atoms with Crippen LogP contribution in [-0.2, 0) is 26.0 Å². The Morgan fingerprint density at radius 3 is 2.22 bits per heavy atom. The third-order valence-corrected chi connectivity index (χ3v) is 4.90. The van der Waals surface area contributed by atoms with Crippen LogP contribution in [0.2, 0.25) is 0 Å². The van der Waals surface area contributed by atoms with E-state index < -0.39 is 10.0 Å². The van der Waals surface area contributed by atoms with Crippen molar-refractivity contribution in [3.63, 3.8) is 0 Å². The fourth-order valence-corrected chi connectivity index (χ4v) is 3.02. The van der Waals surface area contributed by atoms with Gasteiger partial charge in [-0.2, -0.15) is 0 Å². The molecular weight excluding hydrogens is 366 g/mol. The highest BCUT2D eigenvalue weighted by molar-refractivity contribution is 7.89. The van der Waals surface area contributed by atoms with Gasteiger partial charge < -0.3 is 10.6 Å². The van der Waals surface area contributed by atoms with Crippen molar-refractivity contribution in [3.8, 4) is 0 Å². The van der Waals surface area contributed by atoms with Gasteiger partial charge in [-0.3, -0.25) is 9.59 Å². The Hall–Kier alpha value is -2.71. The maximum atomic E-state index is 12.0. The summed E-state index contributed by atoms with van der Waals surface area (Å²) in [5.74, 6) is -0.348. The van der Waals surface area contributed by atoms with Crippen LogP contribution in [0, 0.1) is 0 Å². The number of rotatable bonds is 8. The van der Waals surface area contributed by atoms with E-state index in [0.29, 0.717) is 0 Å². The topological polar surface area (TPSA) is 118 Å². The van der Waals surface area contributed by atoms with Crippen molar-refractivity contribution in [2.24, 2.45) is 5.14 Å². The van der Waals surface area contributed by atoms with Crippen LogP contribution >= 0.6 is 0 Å². The van der Waals surface area contributed by atoms with Crippen LogP contribution in [0.3, 0.4) is 0 Å². The average Bonchev–Trinajstić information content (AvgIpc) is 2.62. The predicted molar refractivity (Wildman–Crippen MR) is 102 cm³/mol. The van der Waals surface area contributed by atoms with E-state index in [2.05, 4.69) is 10.6 Å². The number of hydrogen-bond acceptors (Lipinski definition) is 4. The number of primary sulfonamides is 1. The highest BCUT2D eigenvalue weighted by Crippen LogP contribution is 2.15. The molecular formula is C19H23N3O4S. The van der Waals surface area contributed by atoms with E-state index in [1.165, 1.54) is 12.1 Å². The molecule has 7 nitrogen and oxygen atoms in total. The number of sulfonamides is 1. The maximum Gasteiger partial charge on any atom is 0.238 e. The Bertz CT molecular complexity index is 881. The molecule has 2 aromatic carbocycles. The van der Waals surface area contributed by atoms with E-state index >= 15 is 0 Å². The lowest BCUT2D eigenvalue weighted by atomic mass is 10.1. The molecule has 2 rings (SSSR count). The van der Waals surface area contributed by atoms with Crippen molar-refractivity contribution in [2.45, 2.75) is 30.7 Å². The molecule has 1 atom stereocenters. The van der Waals surface area contributed by atoms with Gasteiger partial charge in [-0.05, 0) is 30.2 Å². The molecule has 2 aromatic rings. The summed E-state index contributed by atoms with van der Waals surface area (Å²) in [5, 5.41) is 10.6. The fraction of sp³-hybridized carbons (Fsp3) is 0.263. The molecule has 8 heteroatoms.